The summed E-state index contributed by atoms with van der Waals surface area (Å²) in [5.74, 6) is 0.765. The maximum atomic E-state index is 13.1. The SMILES string of the molecule is Cc1cc(N2CCCC2)nc(Nc2ccccc2)c1N=Nc1c(NS(=O)(=O)C(F)(F)F)cc([N+](=O)[O-])cc1[N+](=O)[O-]. The molecule has 0 bridgehead atoms. The van der Waals surface area contributed by atoms with Crippen molar-refractivity contribution in [3.8, 4) is 0 Å². The number of nitro groups is 2. The summed E-state index contributed by atoms with van der Waals surface area (Å²) in [4.78, 5) is 27.4. The van der Waals surface area contributed by atoms with Gasteiger partial charge in [0.1, 0.15) is 11.5 Å². The molecule has 3 aromatic rings. The molecule has 41 heavy (non-hydrogen) atoms. The van der Waals surface area contributed by atoms with Gasteiger partial charge < -0.3 is 10.2 Å². The van der Waals surface area contributed by atoms with E-state index in [-0.39, 0.29) is 11.5 Å². The average molecular weight is 595 g/mol. The summed E-state index contributed by atoms with van der Waals surface area (Å²) >= 11 is 0. The molecular weight excluding hydrogens is 573 g/mol. The van der Waals surface area contributed by atoms with E-state index in [0.717, 1.165) is 30.7 Å². The lowest BCUT2D eigenvalue weighted by Gasteiger charge is -2.19. The first-order chi connectivity index (χ1) is 19.3. The molecule has 0 saturated carbocycles. The van der Waals surface area contributed by atoms with Crippen LogP contribution in [0.15, 0.2) is 58.8 Å². The van der Waals surface area contributed by atoms with Gasteiger partial charge in [0.2, 0.25) is 0 Å². The molecule has 0 spiro atoms. The summed E-state index contributed by atoms with van der Waals surface area (Å²) in [6.07, 6.45) is 1.92. The van der Waals surface area contributed by atoms with Crippen LogP contribution < -0.4 is 14.9 Å². The Morgan fingerprint density at radius 1 is 0.976 bits per heavy atom. The number of nitrogens with one attached hydrogen (secondary N) is 2. The van der Waals surface area contributed by atoms with Crippen molar-refractivity contribution in [1.29, 1.82) is 0 Å². The molecule has 1 aliphatic heterocycles. The summed E-state index contributed by atoms with van der Waals surface area (Å²) in [6, 6.07) is 11.2. The van der Waals surface area contributed by atoms with Crippen LogP contribution in [0.25, 0.3) is 0 Å². The smallest absolute Gasteiger partial charge is 0.357 e. The van der Waals surface area contributed by atoms with Crippen molar-refractivity contribution < 1.29 is 31.4 Å². The second-order valence-corrected chi connectivity index (χ2v) is 10.5. The molecule has 0 unspecified atom stereocenters. The van der Waals surface area contributed by atoms with E-state index in [1.54, 1.807) is 43.3 Å². The van der Waals surface area contributed by atoms with E-state index in [1.165, 1.54) is 0 Å². The number of benzene rings is 2. The first kappa shape index (κ1) is 29.1. The molecule has 1 saturated heterocycles. The monoisotopic (exact) mass is 594 g/mol. The number of non-ortho nitro benzene ring substituents is 1. The van der Waals surface area contributed by atoms with Crippen LogP contribution in [0.4, 0.5) is 58.9 Å². The molecule has 1 aromatic heterocycles. The first-order valence-electron chi connectivity index (χ1n) is 11.8. The predicted octanol–water partition coefficient (Wildman–Crippen LogP) is 6.23. The van der Waals surface area contributed by atoms with Gasteiger partial charge in [0.15, 0.2) is 11.5 Å². The van der Waals surface area contributed by atoms with Gasteiger partial charge in [0.25, 0.3) is 5.69 Å². The molecule has 2 heterocycles. The third-order valence-corrected chi connectivity index (χ3v) is 7.02. The fraction of sp³-hybridized carbons (Fsp3) is 0.261. The Labute approximate surface area is 230 Å². The molecule has 18 heteroatoms. The Hall–Kier alpha value is -4.87. The fourth-order valence-corrected chi connectivity index (χ4v) is 4.52. The number of sulfonamides is 1. The topological polar surface area (TPSA) is 185 Å². The summed E-state index contributed by atoms with van der Waals surface area (Å²) in [5, 5.41) is 33.8. The largest absolute Gasteiger partial charge is 0.516 e. The van der Waals surface area contributed by atoms with Crippen LogP contribution in [0, 0.1) is 27.2 Å². The van der Waals surface area contributed by atoms with Crippen molar-refractivity contribution in [1.82, 2.24) is 4.98 Å². The summed E-state index contributed by atoms with van der Waals surface area (Å²) in [7, 11) is -6.14. The van der Waals surface area contributed by atoms with Gasteiger partial charge >= 0.3 is 21.2 Å². The molecule has 1 fully saturated rings. The van der Waals surface area contributed by atoms with Gasteiger partial charge in [-0.3, -0.25) is 25.0 Å². The molecule has 0 atom stereocenters. The van der Waals surface area contributed by atoms with Crippen LogP contribution in [0.1, 0.15) is 18.4 Å². The summed E-state index contributed by atoms with van der Waals surface area (Å²) in [6.45, 7) is 3.16. The van der Waals surface area contributed by atoms with E-state index >= 15 is 0 Å². The lowest BCUT2D eigenvalue weighted by atomic mass is 10.2. The quantitative estimate of drug-likeness (QED) is 0.165. The predicted molar refractivity (Wildman–Crippen MR) is 143 cm³/mol. The number of hydrogen-bond acceptors (Lipinski definition) is 11. The highest BCUT2D eigenvalue weighted by Gasteiger charge is 2.47. The summed E-state index contributed by atoms with van der Waals surface area (Å²) in [5.41, 5.74) is -9.07. The van der Waals surface area contributed by atoms with Crippen molar-refractivity contribution in [2.75, 3.05) is 28.0 Å². The van der Waals surface area contributed by atoms with Crippen molar-refractivity contribution in [3.63, 3.8) is 0 Å². The second-order valence-electron chi connectivity index (χ2n) is 8.81. The van der Waals surface area contributed by atoms with Gasteiger partial charge in [-0.05, 0) is 43.5 Å². The van der Waals surface area contributed by atoms with Crippen LogP contribution in [0.3, 0.4) is 0 Å². The van der Waals surface area contributed by atoms with Crippen molar-refractivity contribution >= 4 is 55.8 Å². The number of aryl methyl sites for hydroxylation is 1. The Kier molecular flexibility index (Phi) is 8.04. The van der Waals surface area contributed by atoms with Crippen LogP contribution in [-0.2, 0) is 10.0 Å². The molecular formula is C23H21F3N8O6S. The zero-order chi connectivity index (χ0) is 29.9. The molecule has 4 rings (SSSR count). The minimum Gasteiger partial charge on any atom is -0.357 e. The second kappa shape index (κ2) is 11.3. The Balaban J connectivity index is 1.88. The summed E-state index contributed by atoms with van der Waals surface area (Å²) < 4.78 is 64.1. The number of para-hydroxylation sites is 1. The van der Waals surface area contributed by atoms with E-state index in [1.807, 2.05) is 4.90 Å². The molecule has 2 aromatic carbocycles. The van der Waals surface area contributed by atoms with Crippen molar-refractivity contribution in [2.45, 2.75) is 25.3 Å². The minimum atomic E-state index is -6.14. The Bertz CT molecular complexity index is 1630. The number of hydrogen-bond donors (Lipinski definition) is 2. The van der Waals surface area contributed by atoms with Gasteiger partial charge in [0.05, 0.1) is 21.6 Å². The molecule has 1 aliphatic rings. The number of pyridine rings is 1. The van der Waals surface area contributed by atoms with Gasteiger partial charge in [-0.25, -0.2) is 4.98 Å². The first-order valence-corrected chi connectivity index (χ1v) is 13.3. The fourth-order valence-electron chi connectivity index (χ4n) is 3.96. The molecule has 2 N–H and O–H groups in total. The van der Waals surface area contributed by atoms with Gasteiger partial charge in [-0.2, -0.15) is 21.6 Å². The van der Waals surface area contributed by atoms with E-state index in [2.05, 4.69) is 20.5 Å². The highest BCUT2D eigenvalue weighted by molar-refractivity contribution is 7.93. The molecule has 0 aliphatic carbocycles. The number of halogens is 3. The number of aromatic nitrogens is 1. The Morgan fingerprint density at radius 2 is 1.61 bits per heavy atom. The lowest BCUT2D eigenvalue weighted by Crippen LogP contribution is -2.30. The van der Waals surface area contributed by atoms with Gasteiger partial charge in [0, 0.05) is 24.8 Å². The van der Waals surface area contributed by atoms with Crippen LogP contribution >= 0.6 is 0 Å². The van der Waals surface area contributed by atoms with Gasteiger partial charge in [-0.15, -0.1) is 10.2 Å². The van der Waals surface area contributed by atoms with E-state index in [0.29, 0.717) is 29.2 Å². The highest BCUT2D eigenvalue weighted by Crippen LogP contribution is 2.43. The lowest BCUT2D eigenvalue weighted by molar-refractivity contribution is -0.393. The molecule has 0 radical (unpaired) electrons. The molecule has 0 amide bonds. The van der Waals surface area contributed by atoms with E-state index < -0.39 is 48.1 Å². The highest BCUT2D eigenvalue weighted by atomic mass is 32.2. The van der Waals surface area contributed by atoms with Crippen molar-refractivity contribution in [2.24, 2.45) is 10.2 Å². The number of alkyl halides is 3. The number of azo groups is 1. The van der Waals surface area contributed by atoms with Gasteiger partial charge in [-0.1, -0.05) is 18.2 Å². The van der Waals surface area contributed by atoms with E-state index in [9.17, 15) is 41.8 Å². The number of rotatable bonds is 9. The Morgan fingerprint density at radius 3 is 2.20 bits per heavy atom. The van der Waals surface area contributed by atoms with Crippen molar-refractivity contribution in [3.05, 3.63) is 74.3 Å². The molecule has 216 valence electrons. The number of nitrogens with zero attached hydrogens (tertiary/aromatic N) is 6. The maximum absolute atomic E-state index is 13.1. The van der Waals surface area contributed by atoms with E-state index in [4.69, 9.17) is 0 Å². The number of nitro benzene ring substituents is 2. The third-order valence-electron chi connectivity index (χ3n) is 5.92. The zero-order valence-electron chi connectivity index (χ0n) is 21.1. The average Bonchev–Trinajstić information content (AvgIpc) is 3.43. The minimum absolute atomic E-state index is 0.0362. The van der Waals surface area contributed by atoms with Crippen LogP contribution in [-0.4, -0.2) is 41.8 Å². The standard InChI is InChI=1S/C23H21F3N8O6S/c1-14-11-19(32-9-5-6-10-32)28-22(27-15-7-3-2-4-8-15)20(14)29-30-21-17(31-41(39,40)23(24,25)26)12-16(33(35)36)13-18(21)34(37)38/h2-4,7-8,11-13,31H,5-6,9-10H2,1H3,(H,27,28). The normalized spacial score (nSPS) is 13.9. The number of anilines is 4. The molecule has 14 nitrogen and oxygen atoms in total. The maximum Gasteiger partial charge on any atom is 0.516 e. The zero-order valence-corrected chi connectivity index (χ0v) is 21.9. The van der Waals surface area contributed by atoms with Crippen LogP contribution in [0.2, 0.25) is 0 Å². The van der Waals surface area contributed by atoms with Crippen LogP contribution in [0.5, 0.6) is 0 Å². The third kappa shape index (κ3) is 6.48.